The number of nitrogens with two attached hydrogens (primary N) is 1. The molecule has 0 amide bonds. The standard InChI is InChI=1S/C20H21BrN2O4/c21-14(9-13-3-5-16(22)17(24)10-13)11-20(26)27-19-6-4-15(12-18(19)25)23-7-1-2-8-23/h1-6,10,12,14,24-25H,7-9,11,22H2. The van der Waals surface area contributed by atoms with Gasteiger partial charge in [-0.15, -0.1) is 0 Å². The number of phenols is 2. The number of nitrogen functional groups attached to an aromatic ring is 1. The van der Waals surface area contributed by atoms with E-state index in [0.717, 1.165) is 24.3 Å². The van der Waals surface area contributed by atoms with Crippen LogP contribution < -0.4 is 15.4 Å². The number of phenolic OH excluding ortho intramolecular Hbond substituents is 2. The van der Waals surface area contributed by atoms with Crippen molar-refractivity contribution in [1.29, 1.82) is 0 Å². The van der Waals surface area contributed by atoms with Gasteiger partial charge in [0.15, 0.2) is 11.5 Å². The second-order valence-electron chi connectivity index (χ2n) is 6.40. The number of nitrogens with zero attached hydrogens (tertiary/aromatic N) is 1. The van der Waals surface area contributed by atoms with Gasteiger partial charge in [-0.3, -0.25) is 4.79 Å². The van der Waals surface area contributed by atoms with Crippen LogP contribution in [0.25, 0.3) is 0 Å². The van der Waals surface area contributed by atoms with E-state index in [-0.39, 0.29) is 28.5 Å². The van der Waals surface area contributed by atoms with Crippen LogP contribution in [0.15, 0.2) is 48.6 Å². The van der Waals surface area contributed by atoms with Crippen LogP contribution in [0, 0.1) is 0 Å². The van der Waals surface area contributed by atoms with Crippen molar-refractivity contribution in [3.05, 3.63) is 54.1 Å². The summed E-state index contributed by atoms with van der Waals surface area (Å²) in [7, 11) is 0. The highest BCUT2D eigenvalue weighted by molar-refractivity contribution is 9.09. The molecule has 2 aromatic carbocycles. The van der Waals surface area contributed by atoms with E-state index >= 15 is 0 Å². The first-order chi connectivity index (χ1) is 12.9. The van der Waals surface area contributed by atoms with Gasteiger partial charge in [-0.25, -0.2) is 0 Å². The molecule has 6 nitrogen and oxygen atoms in total. The van der Waals surface area contributed by atoms with E-state index in [1.165, 1.54) is 0 Å². The number of ether oxygens (including phenoxy) is 1. The topological polar surface area (TPSA) is 96.0 Å². The molecule has 0 saturated carbocycles. The minimum absolute atomic E-state index is 0.0213. The maximum Gasteiger partial charge on any atom is 0.312 e. The molecule has 2 aromatic rings. The van der Waals surface area contributed by atoms with Crippen molar-refractivity contribution in [3.8, 4) is 17.2 Å². The summed E-state index contributed by atoms with van der Waals surface area (Å²) in [6.45, 7) is 1.59. The van der Waals surface area contributed by atoms with Crippen molar-refractivity contribution in [2.75, 3.05) is 23.7 Å². The highest BCUT2D eigenvalue weighted by Gasteiger charge is 2.17. The number of aromatic hydroxyl groups is 2. The van der Waals surface area contributed by atoms with Crippen LogP contribution in [0.3, 0.4) is 0 Å². The van der Waals surface area contributed by atoms with Crippen molar-refractivity contribution in [1.82, 2.24) is 0 Å². The fourth-order valence-electron chi connectivity index (χ4n) is 2.87. The molecular formula is C20H21BrN2O4. The third kappa shape index (κ3) is 4.95. The predicted molar refractivity (Wildman–Crippen MR) is 109 cm³/mol. The summed E-state index contributed by atoms with van der Waals surface area (Å²) >= 11 is 3.46. The lowest BCUT2D eigenvalue weighted by Crippen LogP contribution is -2.18. The average Bonchev–Trinajstić information content (AvgIpc) is 3.14. The normalized spacial score (nSPS) is 14.3. The molecule has 27 heavy (non-hydrogen) atoms. The maximum atomic E-state index is 12.2. The fourth-order valence-corrected chi connectivity index (χ4v) is 3.51. The van der Waals surface area contributed by atoms with Gasteiger partial charge in [0, 0.05) is 29.7 Å². The van der Waals surface area contributed by atoms with E-state index in [1.54, 1.807) is 30.3 Å². The van der Waals surface area contributed by atoms with E-state index in [0.29, 0.717) is 12.1 Å². The van der Waals surface area contributed by atoms with Gasteiger partial charge in [0.25, 0.3) is 0 Å². The number of esters is 1. The monoisotopic (exact) mass is 432 g/mol. The minimum Gasteiger partial charge on any atom is -0.506 e. The zero-order chi connectivity index (χ0) is 19.4. The quantitative estimate of drug-likeness (QED) is 0.162. The Morgan fingerprint density at radius 2 is 1.89 bits per heavy atom. The van der Waals surface area contributed by atoms with Crippen molar-refractivity contribution in [3.63, 3.8) is 0 Å². The molecule has 0 spiro atoms. The molecule has 1 heterocycles. The zero-order valence-electron chi connectivity index (χ0n) is 14.6. The smallest absolute Gasteiger partial charge is 0.312 e. The van der Waals surface area contributed by atoms with Crippen molar-refractivity contribution >= 4 is 33.3 Å². The van der Waals surface area contributed by atoms with Crippen LogP contribution in [0.1, 0.15) is 12.0 Å². The number of hydrogen-bond acceptors (Lipinski definition) is 6. The number of carbonyl (C=O) groups excluding carboxylic acids is 1. The van der Waals surface area contributed by atoms with Gasteiger partial charge in [0.05, 0.1) is 12.1 Å². The van der Waals surface area contributed by atoms with Gasteiger partial charge < -0.3 is 25.6 Å². The third-order valence-corrected chi connectivity index (χ3v) is 4.94. The Hall–Kier alpha value is -2.67. The summed E-state index contributed by atoms with van der Waals surface area (Å²) in [5.41, 5.74) is 7.62. The number of rotatable bonds is 6. The van der Waals surface area contributed by atoms with Gasteiger partial charge in [0.1, 0.15) is 5.75 Å². The second kappa shape index (κ2) is 8.35. The number of anilines is 2. The van der Waals surface area contributed by atoms with E-state index in [2.05, 4.69) is 33.0 Å². The van der Waals surface area contributed by atoms with Crippen molar-refractivity contribution in [2.24, 2.45) is 0 Å². The van der Waals surface area contributed by atoms with Crippen LogP contribution in [0.4, 0.5) is 11.4 Å². The Kier molecular flexibility index (Phi) is 5.91. The first-order valence-electron chi connectivity index (χ1n) is 8.57. The maximum absolute atomic E-state index is 12.2. The zero-order valence-corrected chi connectivity index (χ0v) is 16.2. The number of halogens is 1. The van der Waals surface area contributed by atoms with Gasteiger partial charge in [0.2, 0.25) is 0 Å². The number of carbonyl (C=O) groups is 1. The van der Waals surface area contributed by atoms with E-state index in [1.807, 2.05) is 6.07 Å². The molecule has 0 saturated heterocycles. The molecule has 1 unspecified atom stereocenters. The molecule has 7 heteroatoms. The molecule has 4 N–H and O–H groups in total. The molecular weight excluding hydrogens is 412 g/mol. The van der Waals surface area contributed by atoms with Gasteiger partial charge in [-0.05, 0) is 36.2 Å². The number of hydrogen-bond donors (Lipinski definition) is 3. The third-order valence-electron chi connectivity index (χ3n) is 4.29. The molecule has 1 aliphatic heterocycles. The van der Waals surface area contributed by atoms with E-state index < -0.39 is 5.97 Å². The number of alkyl halides is 1. The summed E-state index contributed by atoms with van der Waals surface area (Å²) in [4.78, 5) is 14.1. The largest absolute Gasteiger partial charge is 0.506 e. The summed E-state index contributed by atoms with van der Waals surface area (Å²) in [5.74, 6) is -0.363. The first-order valence-corrected chi connectivity index (χ1v) is 9.49. The molecule has 0 aliphatic carbocycles. The Balaban J connectivity index is 1.55. The van der Waals surface area contributed by atoms with Crippen LogP contribution >= 0.6 is 15.9 Å². The number of benzene rings is 2. The molecule has 142 valence electrons. The fraction of sp³-hybridized carbons (Fsp3) is 0.250. The second-order valence-corrected chi connectivity index (χ2v) is 7.70. The summed E-state index contributed by atoms with van der Waals surface area (Å²) in [5, 5.41) is 19.8. The molecule has 0 radical (unpaired) electrons. The lowest BCUT2D eigenvalue weighted by Gasteiger charge is -2.18. The van der Waals surface area contributed by atoms with Gasteiger partial charge in [-0.2, -0.15) is 0 Å². The van der Waals surface area contributed by atoms with Crippen molar-refractivity contribution < 1.29 is 19.7 Å². The highest BCUT2D eigenvalue weighted by Crippen LogP contribution is 2.32. The molecule has 0 fully saturated rings. The average molecular weight is 433 g/mol. The lowest BCUT2D eigenvalue weighted by molar-refractivity contribution is -0.134. The van der Waals surface area contributed by atoms with Crippen LogP contribution in [0.5, 0.6) is 17.2 Å². The predicted octanol–water partition coefficient (Wildman–Crippen LogP) is 3.36. The Bertz CT molecular complexity index is 861. The van der Waals surface area contributed by atoms with E-state index in [9.17, 15) is 15.0 Å². The molecule has 1 atom stereocenters. The van der Waals surface area contributed by atoms with Crippen LogP contribution in [-0.2, 0) is 11.2 Å². The summed E-state index contributed by atoms with van der Waals surface area (Å²) in [6, 6.07) is 10.0. The first kappa shape index (κ1) is 19.1. The molecule has 0 aromatic heterocycles. The van der Waals surface area contributed by atoms with Crippen LogP contribution in [0.2, 0.25) is 0 Å². The molecule has 3 rings (SSSR count). The molecule has 1 aliphatic rings. The van der Waals surface area contributed by atoms with Gasteiger partial charge >= 0.3 is 5.97 Å². The summed E-state index contributed by atoms with van der Waals surface area (Å²) < 4.78 is 5.29. The van der Waals surface area contributed by atoms with E-state index in [4.69, 9.17) is 10.5 Å². The summed E-state index contributed by atoms with van der Waals surface area (Å²) in [6.07, 6.45) is 4.75. The lowest BCUT2D eigenvalue weighted by atomic mass is 10.1. The SMILES string of the molecule is Nc1ccc(CC(Br)CC(=O)Oc2ccc(N3CC=CC3)cc2O)cc1O. The Morgan fingerprint density at radius 1 is 1.15 bits per heavy atom. The molecule has 0 bridgehead atoms. The van der Waals surface area contributed by atoms with Gasteiger partial charge in [-0.1, -0.05) is 34.1 Å². The highest BCUT2D eigenvalue weighted by atomic mass is 79.9. The Labute approximate surface area is 166 Å². The van der Waals surface area contributed by atoms with Crippen molar-refractivity contribution in [2.45, 2.75) is 17.7 Å². The Morgan fingerprint density at radius 3 is 2.56 bits per heavy atom. The van der Waals surface area contributed by atoms with Crippen LogP contribution in [-0.4, -0.2) is 34.1 Å². The minimum atomic E-state index is -0.456.